The Morgan fingerprint density at radius 2 is 2.00 bits per heavy atom. The van der Waals surface area contributed by atoms with E-state index in [0.717, 1.165) is 10.2 Å². The maximum Gasteiger partial charge on any atom is 0.137 e. The van der Waals surface area contributed by atoms with Gasteiger partial charge in [0, 0.05) is 17.5 Å². The molecule has 1 aliphatic carbocycles. The summed E-state index contributed by atoms with van der Waals surface area (Å²) in [5, 5.41) is 0. The Kier molecular flexibility index (Phi) is 3.50. The summed E-state index contributed by atoms with van der Waals surface area (Å²) in [7, 11) is 1.74. The van der Waals surface area contributed by atoms with Crippen LogP contribution in [0.25, 0.3) is 0 Å². The Bertz CT molecular complexity index is 433. The number of hydrogen-bond donors (Lipinski definition) is 1. The minimum atomic E-state index is 0.144. The van der Waals surface area contributed by atoms with Gasteiger partial charge in [-0.2, -0.15) is 0 Å². The summed E-state index contributed by atoms with van der Waals surface area (Å²) in [4.78, 5) is 0. The summed E-state index contributed by atoms with van der Waals surface area (Å²) in [5.74, 6) is 0.979. The highest BCUT2D eigenvalue weighted by Crippen LogP contribution is 2.50. The van der Waals surface area contributed by atoms with E-state index in [1.165, 1.54) is 36.0 Å². The van der Waals surface area contributed by atoms with Gasteiger partial charge in [0.1, 0.15) is 5.75 Å². The van der Waals surface area contributed by atoms with Gasteiger partial charge in [-0.3, -0.25) is 0 Å². The van der Waals surface area contributed by atoms with Crippen molar-refractivity contribution >= 4 is 15.9 Å². The molecule has 0 spiro atoms. The molecule has 0 saturated heterocycles. The molecule has 0 heterocycles. The van der Waals surface area contributed by atoms with E-state index >= 15 is 0 Å². The summed E-state index contributed by atoms with van der Waals surface area (Å²) in [5.41, 5.74) is 9.98. The van der Waals surface area contributed by atoms with Crippen LogP contribution in [0, 0.1) is 13.8 Å². The van der Waals surface area contributed by atoms with Gasteiger partial charge in [0.15, 0.2) is 0 Å². The lowest BCUT2D eigenvalue weighted by atomic mass is 9.63. The largest absolute Gasteiger partial charge is 0.495 e. The molecule has 1 aromatic rings. The van der Waals surface area contributed by atoms with Crippen LogP contribution in [0.1, 0.15) is 36.0 Å². The Hall–Kier alpha value is -0.540. The Labute approximate surface area is 112 Å². The normalized spacial score (nSPS) is 17.7. The van der Waals surface area contributed by atoms with Crippen molar-refractivity contribution in [1.82, 2.24) is 0 Å². The van der Waals surface area contributed by atoms with Crippen LogP contribution in [0.4, 0.5) is 0 Å². The van der Waals surface area contributed by atoms with Crippen LogP contribution in [0.3, 0.4) is 0 Å². The van der Waals surface area contributed by atoms with Crippen molar-refractivity contribution < 1.29 is 4.74 Å². The molecule has 1 aliphatic rings. The molecule has 0 bridgehead atoms. The molecule has 2 rings (SSSR count). The van der Waals surface area contributed by atoms with Crippen molar-refractivity contribution in [3.8, 4) is 5.75 Å². The van der Waals surface area contributed by atoms with Gasteiger partial charge in [0.25, 0.3) is 0 Å². The second-order valence-electron chi connectivity index (χ2n) is 5.07. The van der Waals surface area contributed by atoms with Crippen LogP contribution in [0.15, 0.2) is 10.5 Å². The van der Waals surface area contributed by atoms with E-state index in [9.17, 15) is 0 Å². The first kappa shape index (κ1) is 12.9. The first-order valence-corrected chi connectivity index (χ1v) is 6.89. The van der Waals surface area contributed by atoms with Crippen molar-refractivity contribution in [2.75, 3.05) is 13.7 Å². The smallest absolute Gasteiger partial charge is 0.137 e. The molecule has 0 radical (unpaired) electrons. The predicted molar refractivity (Wildman–Crippen MR) is 74.8 cm³/mol. The zero-order valence-electron chi connectivity index (χ0n) is 10.8. The van der Waals surface area contributed by atoms with E-state index in [1.54, 1.807) is 7.11 Å². The van der Waals surface area contributed by atoms with Gasteiger partial charge in [-0.1, -0.05) is 12.5 Å². The maximum absolute atomic E-state index is 6.01. The Morgan fingerprint density at radius 3 is 2.41 bits per heavy atom. The molecule has 1 fully saturated rings. The Balaban J connectivity index is 2.63. The quantitative estimate of drug-likeness (QED) is 0.927. The summed E-state index contributed by atoms with van der Waals surface area (Å²) in [6.45, 7) is 4.96. The highest BCUT2D eigenvalue weighted by Gasteiger charge is 2.41. The summed E-state index contributed by atoms with van der Waals surface area (Å²) < 4.78 is 6.69. The topological polar surface area (TPSA) is 35.2 Å². The van der Waals surface area contributed by atoms with E-state index in [4.69, 9.17) is 10.5 Å². The zero-order valence-corrected chi connectivity index (χ0v) is 12.4. The van der Waals surface area contributed by atoms with Crippen molar-refractivity contribution in [2.24, 2.45) is 5.73 Å². The highest BCUT2D eigenvalue weighted by molar-refractivity contribution is 9.10. The van der Waals surface area contributed by atoms with E-state index in [1.807, 2.05) is 0 Å². The molecule has 0 aliphatic heterocycles. The second-order valence-corrected chi connectivity index (χ2v) is 5.86. The molecule has 3 heteroatoms. The predicted octanol–water partition coefficient (Wildman–Crippen LogP) is 3.45. The lowest BCUT2D eigenvalue weighted by molar-refractivity contribution is 0.242. The fourth-order valence-electron chi connectivity index (χ4n) is 2.94. The zero-order chi connectivity index (χ0) is 12.6. The molecule has 17 heavy (non-hydrogen) atoms. The van der Waals surface area contributed by atoms with Gasteiger partial charge in [-0.15, -0.1) is 0 Å². The van der Waals surface area contributed by atoms with E-state index in [-0.39, 0.29) is 5.41 Å². The second kappa shape index (κ2) is 4.62. The number of benzene rings is 1. The van der Waals surface area contributed by atoms with Crippen LogP contribution in [0.2, 0.25) is 0 Å². The summed E-state index contributed by atoms with van der Waals surface area (Å²) >= 11 is 3.63. The molecule has 0 atom stereocenters. The third-order valence-electron chi connectivity index (χ3n) is 4.04. The third-order valence-corrected chi connectivity index (χ3v) is 5.02. The minimum absolute atomic E-state index is 0.144. The molecule has 2 N–H and O–H groups in total. The van der Waals surface area contributed by atoms with Crippen molar-refractivity contribution in [3.05, 3.63) is 27.2 Å². The fraction of sp³-hybridized carbons (Fsp3) is 0.571. The molecular formula is C14H20BrNO. The maximum atomic E-state index is 6.01. The number of rotatable bonds is 3. The number of aryl methyl sites for hydroxylation is 2. The Morgan fingerprint density at radius 1 is 1.35 bits per heavy atom. The molecule has 0 unspecified atom stereocenters. The number of hydrogen-bond acceptors (Lipinski definition) is 2. The van der Waals surface area contributed by atoms with E-state index in [2.05, 4.69) is 35.8 Å². The molecule has 1 saturated carbocycles. The lowest BCUT2D eigenvalue weighted by Gasteiger charge is -2.43. The monoisotopic (exact) mass is 297 g/mol. The third kappa shape index (κ3) is 1.89. The first-order chi connectivity index (χ1) is 8.05. The molecule has 0 amide bonds. The number of methoxy groups -OCH3 is 1. The fourth-order valence-corrected chi connectivity index (χ4v) is 3.41. The first-order valence-electron chi connectivity index (χ1n) is 6.10. The molecule has 94 valence electrons. The molecule has 0 aromatic heterocycles. The standard InChI is InChI=1S/C14H20BrNO/c1-9-7-10(2)12(15)13(17-3)11(9)14(8-16)5-4-6-14/h7H,4-6,8,16H2,1-3H3. The van der Waals surface area contributed by atoms with Gasteiger partial charge < -0.3 is 10.5 Å². The van der Waals surface area contributed by atoms with Crippen molar-refractivity contribution in [3.63, 3.8) is 0 Å². The molecule has 2 nitrogen and oxygen atoms in total. The van der Waals surface area contributed by atoms with Gasteiger partial charge >= 0.3 is 0 Å². The average molecular weight is 298 g/mol. The SMILES string of the molecule is COc1c(Br)c(C)cc(C)c1C1(CN)CCC1. The summed E-state index contributed by atoms with van der Waals surface area (Å²) in [6, 6.07) is 2.22. The van der Waals surface area contributed by atoms with Crippen molar-refractivity contribution in [2.45, 2.75) is 38.5 Å². The number of halogens is 1. The lowest BCUT2D eigenvalue weighted by Crippen LogP contribution is -2.42. The van der Waals surface area contributed by atoms with E-state index in [0.29, 0.717) is 6.54 Å². The van der Waals surface area contributed by atoms with Crippen molar-refractivity contribution in [1.29, 1.82) is 0 Å². The molecule has 1 aromatic carbocycles. The van der Waals surface area contributed by atoms with Crippen LogP contribution < -0.4 is 10.5 Å². The van der Waals surface area contributed by atoms with Crippen LogP contribution in [-0.4, -0.2) is 13.7 Å². The highest BCUT2D eigenvalue weighted by atomic mass is 79.9. The van der Waals surface area contributed by atoms with Crippen LogP contribution >= 0.6 is 15.9 Å². The van der Waals surface area contributed by atoms with Gasteiger partial charge in [-0.25, -0.2) is 0 Å². The van der Waals surface area contributed by atoms with Gasteiger partial charge in [0.2, 0.25) is 0 Å². The average Bonchev–Trinajstić information content (AvgIpc) is 2.24. The minimum Gasteiger partial charge on any atom is -0.495 e. The number of nitrogens with two attached hydrogens (primary N) is 1. The van der Waals surface area contributed by atoms with Gasteiger partial charge in [-0.05, 0) is 53.7 Å². The molecular weight excluding hydrogens is 278 g/mol. The van der Waals surface area contributed by atoms with Gasteiger partial charge in [0.05, 0.1) is 11.6 Å². The van der Waals surface area contributed by atoms with Crippen LogP contribution in [0.5, 0.6) is 5.75 Å². The summed E-state index contributed by atoms with van der Waals surface area (Å²) in [6.07, 6.45) is 3.62. The van der Waals surface area contributed by atoms with E-state index < -0.39 is 0 Å². The van der Waals surface area contributed by atoms with Crippen LogP contribution in [-0.2, 0) is 5.41 Å². The number of ether oxygens (including phenoxy) is 1.